The third kappa shape index (κ3) is 3.46. The van der Waals surface area contributed by atoms with E-state index in [1.165, 1.54) is 0 Å². The summed E-state index contributed by atoms with van der Waals surface area (Å²) >= 11 is 0. The second-order valence-electron chi connectivity index (χ2n) is 4.87. The van der Waals surface area contributed by atoms with Gasteiger partial charge < -0.3 is 10.6 Å². The van der Waals surface area contributed by atoms with Crippen LogP contribution in [0.3, 0.4) is 0 Å². The number of fused-ring (bicyclic) bond motifs is 1. The van der Waals surface area contributed by atoms with Crippen molar-refractivity contribution in [2.45, 2.75) is 13.5 Å². The molecule has 2 N–H and O–H groups in total. The number of amides is 1. The molecule has 0 radical (unpaired) electrons. The molecule has 2 aromatic rings. The third-order valence-corrected chi connectivity index (χ3v) is 3.07. The predicted octanol–water partition coefficient (Wildman–Crippen LogP) is -0.0271. The topological polar surface area (TPSA) is 88.0 Å². The van der Waals surface area contributed by atoms with Crippen molar-refractivity contribution in [2.75, 3.05) is 32.5 Å². The van der Waals surface area contributed by atoms with Crippen LogP contribution in [0.4, 0.5) is 5.82 Å². The van der Waals surface area contributed by atoms with Crippen LogP contribution in [0, 0.1) is 0 Å². The van der Waals surface area contributed by atoms with Gasteiger partial charge in [-0.3, -0.25) is 14.4 Å². The highest BCUT2D eigenvalue weighted by molar-refractivity contribution is 5.86. The maximum Gasteiger partial charge on any atom is 0.234 e. The fourth-order valence-corrected chi connectivity index (χ4v) is 2.12. The van der Waals surface area contributed by atoms with Gasteiger partial charge in [0.1, 0.15) is 11.6 Å². The maximum absolute atomic E-state index is 11.6. The molecule has 2 heterocycles. The average molecular weight is 291 g/mol. The van der Waals surface area contributed by atoms with Gasteiger partial charge >= 0.3 is 0 Å². The van der Waals surface area contributed by atoms with E-state index >= 15 is 0 Å². The molecule has 0 spiro atoms. The van der Waals surface area contributed by atoms with E-state index in [-0.39, 0.29) is 5.91 Å². The first kappa shape index (κ1) is 15.2. The van der Waals surface area contributed by atoms with Gasteiger partial charge in [-0.05, 0) is 14.0 Å². The molecule has 0 aromatic carbocycles. The standard InChI is InChI=1S/C13H21N7O/c1-5-15-11(21)8-19(3)7-10-17-12(14-2)9-6-16-20(4)13(9)18-10/h6H,5,7-8H2,1-4H3,(H,15,21)(H,14,17,18). The fraction of sp³-hybridized carbons (Fsp3) is 0.538. The van der Waals surface area contributed by atoms with Crippen LogP contribution in [0.25, 0.3) is 11.0 Å². The van der Waals surface area contributed by atoms with Crippen LogP contribution in [-0.4, -0.2) is 57.7 Å². The molecule has 0 aliphatic rings. The van der Waals surface area contributed by atoms with Gasteiger partial charge in [0.05, 0.1) is 24.7 Å². The Bertz CT molecular complexity index is 637. The molecule has 0 saturated heterocycles. The van der Waals surface area contributed by atoms with Gasteiger partial charge in [-0.15, -0.1) is 0 Å². The summed E-state index contributed by atoms with van der Waals surface area (Å²) in [7, 11) is 5.53. The Morgan fingerprint density at radius 2 is 2.19 bits per heavy atom. The summed E-state index contributed by atoms with van der Waals surface area (Å²) in [5.74, 6) is 1.40. The normalized spacial score (nSPS) is 11.1. The minimum Gasteiger partial charge on any atom is -0.372 e. The third-order valence-electron chi connectivity index (χ3n) is 3.07. The molecule has 2 aromatic heterocycles. The molecule has 1 amide bonds. The summed E-state index contributed by atoms with van der Waals surface area (Å²) in [4.78, 5) is 22.4. The molecular formula is C13H21N7O. The number of carbonyl (C=O) groups is 1. The molecule has 114 valence electrons. The monoisotopic (exact) mass is 291 g/mol. The van der Waals surface area contributed by atoms with Crippen molar-refractivity contribution in [2.24, 2.45) is 7.05 Å². The summed E-state index contributed by atoms with van der Waals surface area (Å²) in [6, 6.07) is 0. The van der Waals surface area contributed by atoms with E-state index in [4.69, 9.17) is 0 Å². The Kier molecular flexibility index (Phi) is 4.69. The second-order valence-corrected chi connectivity index (χ2v) is 4.87. The highest BCUT2D eigenvalue weighted by atomic mass is 16.2. The maximum atomic E-state index is 11.6. The number of hydrogen-bond acceptors (Lipinski definition) is 6. The van der Waals surface area contributed by atoms with Crippen LogP contribution in [0.1, 0.15) is 12.7 Å². The van der Waals surface area contributed by atoms with Crippen molar-refractivity contribution >= 4 is 22.8 Å². The van der Waals surface area contributed by atoms with E-state index < -0.39 is 0 Å². The van der Waals surface area contributed by atoms with E-state index in [9.17, 15) is 4.79 Å². The second kappa shape index (κ2) is 6.49. The Morgan fingerprint density at radius 3 is 2.86 bits per heavy atom. The van der Waals surface area contributed by atoms with Gasteiger partial charge in [0.15, 0.2) is 5.65 Å². The van der Waals surface area contributed by atoms with Gasteiger partial charge in [-0.1, -0.05) is 0 Å². The van der Waals surface area contributed by atoms with Crippen LogP contribution >= 0.6 is 0 Å². The predicted molar refractivity (Wildman–Crippen MR) is 80.9 cm³/mol. The average Bonchev–Trinajstić information content (AvgIpc) is 2.80. The van der Waals surface area contributed by atoms with Gasteiger partial charge in [-0.25, -0.2) is 9.97 Å². The van der Waals surface area contributed by atoms with Crippen LogP contribution in [0.5, 0.6) is 0 Å². The molecule has 2 rings (SSSR count). The number of aromatic nitrogens is 4. The molecule has 8 heteroatoms. The van der Waals surface area contributed by atoms with Crippen molar-refractivity contribution in [3.63, 3.8) is 0 Å². The lowest BCUT2D eigenvalue weighted by Crippen LogP contribution is -2.35. The molecular weight excluding hydrogens is 270 g/mol. The molecule has 0 bridgehead atoms. The number of nitrogens with zero attached hydrogens (tertiary/aromatic N) is 5. The number of hydrogen-bond donors (Lipinski definition) is 2. The molecule has 8 nitrogen and oxygen atoms in total. The lowest BCUT2D eigenvalue weighted by atomic mass is 10.3. The molecule has 0 aliphatic heterocycles. The lowest BCUT2D eigenvalue weighted by molar-refractivity contribution is -0.121. The molecule has 0 fully saturated rings. The smallest absolute Gasteiger partial charge is 0.234 e. The highest BCUT2D eigenvalue weighted by Crippen LogP contribution is 2.19. The van der Waals surface area contributed by atoms with Crippen LogP contribution in [0.2, 0.25) is 0 Å². The van der Waals surface area contributed by atoms with Crippen LogP contribution < -0.4 is 10.6 Å². The van der Waals surface area contributed by atoms with E-state index in [1.54, 1.807) is 10.9 Å². The first-order chi connectivity index (χ1) is 10.0. The van der Waals surface area contributed by atoms with E-state index in [0.29, 0.717) is 25.5 Å². The lowest BCUT2D eigenvalue weighted by Gasteiger charge is -2.15. The zero-order valence-corrected chi connectivity index (χ0v) is 12.8. The van der Waals surface area contributed by atoms with E-state index in [0.717, 1.165) is 16.9 Å². The number of anilines is 1. The Balaban J connectivity index is 2.18. The van der Waals surface area contributed by atoms with E-state index in [2.05, 4.69) is 25.7 Å². The number of likely N-dealkylation sites (N-methyl/N-ethyl adjacent to an activating group) is 2. The molecule has 0 saturated carbocycles. The summed E-state index contributed by atoms with van der Waals surface area (Å²) in [6.07, 6.45) is 1.74. The highest BCUT2D eigenvalue weighted by Gasteiger charge is 2.13. The zero-order chi connectivity index (χ0) is 15.4. The molecule has 0 unspecified atom stereocenters. The quantitative estimate of drug-likeness (QED) is 0.777. The fourth-order valence-electron chi connectivity index (χ4n) is 2.12. The van der Waals surface area contributed by atoms with Gasteiger partial charge in [0, 0.05) is 20.6 Å². The minimum absolute atomic E-state index is 0.00421. The number of nitrogens with one attached hydrogen (secondary N) is 2. The Hall–Kier alpha value is -2.22. The van der Waals surface area contributed by atoms with Crippen molar-refractivity contribution < 1.29 is 4.79 Å². The Labute approximate surface area is 123 Å². The van der Waals surface area contributed by atoms with Gasteiger partial charge in [-0.2, -0.15) is 5.10 Å². The SMILES string of the molecule is CCNC(=O)CN(C)Cc1nc(NC)c2cnn(C)c2n1. The van der Waals surface area contributed by atoms with Gasteiger partial charge in [0.2, 0.25) is 5.91 Å². The summed E-state index contributed by atoms with van der Waals surface area (Å²) in [5, 5.41) is 10.9. The molecule has 0 aliphatic carbocycles. The number of rotatable bonds is 6. The Morgan fingerprint density at radius 1 is 1.43 bits per heavy atom. The van der Waals surface area contributed by atoms with Gasteiger partial charge in [0.25, 0.3) is 0 Å². The number of carbonyl (C=O) groups excluding carboxylic acids is 1. The molecule has 21 heavy (non-hydrogen) atoms. The summed E-state index contributed by atoms with van der Waals surface area (Å²) in [5.41, 5.74) is 0.774. The zero-order valence-electron chi connectivity index (χ0n) is 12.8. The van der Waals surface area contributed by atoms with E-state index in [1.807, 2.05) is 33.0 Å². The minimum atomic E-state index is -0.00421. The van der Waals surface area contributed by atoms with Crippen molar-refractivity contribution in [3.05, 3.63) is 12.0 Å². The van der Waals surface area contributed by atoms with Crippen molar-refractivity contribution in [1.29, 1.82) is 0 Å². The van der Waals surface area contributed by atoms with Crippen LogP contribution in [-0.2, 0) is 18.4 Å². The number of aryl methyl sites for hydroxylation is 1. The summed E-state index contributed by atoms with van der Waals surface area (Å²) in [6.45, 7) is 3.34. The molecule has 0 atom stereocenters. The first-order valence-electron chi connectivity index (χ1n) is 6.86. The van der Waals surface area contributed by atoms with Crippen molar-refractivity contribution in [1.82, 2.24) is 30.0 Å². The first-order valence-corrected chi connectivity index (χ1v) is 6.86. The largest absolute Gasteiger partial charge is 0.372 e. The van der Waals surface area contributed by atoms with Crippen molar-refractivity contribution in [3.8, 4) is 0 Å². The summed E-state index contributed by atoms with van der Waals surface area (Å²) < 4.78 is 1.71. The van der Waals surface area contributed by atoms with Crippen LogP contribution in [0.15, 0.2) is 6.20 Å².